The first-order valence-corrected chi connectivity index (χ1v) is 9.43. The molecule has 3 heterocycles. The van der Waals surface area contributed by atoms with Gasteiger partial charge in [0.05, 0.1) is 23.5 Å². The van der Waals surface area contributed by atoms with Crippen LogP contribution in [-0.2, 0) is 6.54 Å². The number of carbonyl (C=O) groups is 1. The Morgan fingerprint density at radius 1 is 1.32 bits per heavy atom. The van der Waals surface area contributed by atoms with E-state index in [2.05, 4.69) is 15.3 Å². The molecule has 0 saturated carbocycles. The lowest BCUT2D eigenvalue weighted by Gasteiger charge is -2.38. The number of carbonyl (C=O) groups excluding carboxylic acids is 1. The maximum absolute atomic E-state index is 14.4. The van der Waals surface area contributed by atoms with Gasteiger partial charge in [-0.05, 0) is 39.0 Å². The third-order valence-corrected chi connectivity index (χ3v) is 5.41. The molecule has 0 unspecified atom stereocenters. The molecule has 28 heavy (non-hydrogen) atoms. The Morgan fingerprint density at radius 3 is 2.86 bits per heavy atom. The van der Waals surface area contributed by atoms with Crippen LogP contribution in [0.5, 0.6) is 5.75 Å². The van der Waals surface area contributed by atoms with Crippen LogP contribution in [0.25, 0.3) is 11.3 Å². The van der Waals surface area contributed by atoms with Crippen molar-refractivity contribution >= 4 is 11.6 Å². The molecule has 1 amide bonds. The molecule has 7 heteroatoms. The molecule has 1 fully saturated rings. The van der Waals surface area contributed by atoms with E-state index in [9.17, 15) is 14.3 Å². The molecule has 1 aromatic heterocycles. The van der Waals surface area contributed by atoms with E-state index < -0.39 is 5.82 Å². The van der Waals surface area contributed by atoms with E-state index in [1.54, 1.807) is 6.07 Å². The quantitative estimate of drug-likeness (QED) is 0.837. The first-order chi connectivity index (χ1) is 13.3. The number of hydrogen-bond acceptors (Lipinski definition) is 5. The summed E-state index contributed by atoms with van der Waals surface area (Å²) in [5, 5.41) is 12.9. The first kappa shape index (κ1) is 18.6. The minimum atomic E-state index is -0.578. The van der Waals surface area contributed by atoms with Gasteiger partial charge in [0.1, 0.15) is 11.6 Å². The van der Waals surface area contributed by atoms with E-state index >= 15 is 0 Å². The Kier molecular flexibility index (Phi) is 4.63. The van der Waals surface area contributed by atoms with Crippen molar-refractivity contribution in [3.63, 3.8) is 0 Å². The summed E-state index contributed by atoms with van der Waals surface area (Å²) in [6.07, 6.45) is 0. The van der Waals surface area contributed by atoms with Crippen molar-refractivity contribution in [1.29, 1.82) is 0 Å². The predicted octanol–water partition coefficient (Wildman–Crippen LogP) is 2.74. The van der Waals surface area contributed by atoms with Crippen molar-refractivity contribution in [2.75, 3.05) is 13.1 Å². The number of pyridine rings is 1. The summed E-state index contributed by atoms with van der Waals surface area (Å²) in [5.41, 5.74) is 3.35. The SMILES string of the molecule is CC1=NCc2nc(-c3ccc(O)cc3F)cc(C(=O)N3C[C@@H](C)NC[C@@H]3C)c21. The maximum atomic E-state index is 14.4. The molecular weight excluding hydrogens is 359 g/mol. The second-order valence-electron chi connectivity index (χ2n) is 7.56. The summed E-state index contributed by atoms with van der Waals surface area (Å²) >= 11 is 0. The number of piperazine rings is 1. The first-order valence-electron chi connectivity index (χ1n) is 9.43. The fraction of sp³-hybridized carbons (Fsp3) is 0.381. The standard InChI is InChI=1S/C21H23FN4O2/c1-11-10-26(12(2)8-23-11)21(28)16-7-18(15-5-4-14(27)6-17(15)22)25-19-9-24-13(3)20(16)19/h4-7,11-12,23,27H,8-10H2,1-3H3/t11-,12+/m1/s1. The molecule has 0 bridgehead atoms. The van der Waals surface area contributed by atoms with E-state index in [-0.39, 0.29) is 29.3 Å². The number of aromatic nitrogens is 1. The molecule has 4 rings (SSSR count). The summed E-state index contributed by atoms with van der Waals surface area (Å²) in [7, 11) is 0. The molecular formula is C21H23FN4O2. The van der Waals surface area contributed by atoms with Crippen LogP contribution >= 0.6 is 0 Å². The lowest BCUT2D eigenvalue weighted by molar-refractivity contribution is 0.0616. The van der Waals surface area contributed by atoms with Gasteiger partial charge in [0.2, 0.25) is 0 Å². The lowest BCUT2D eigenvalue weighted by atomic mass is 9.98. The molecule has 6 nitrogen and oxygen atoms in total. The number of phenols is 1. The topological polar surface area (TPSA) is 77.8 Å². The van der Waals surface area contributed by atoms with Crippen LogP contribution in [0.4, 0.5) is 4.39 Å². The van der Waals surface area contributed by atoms with Crippen molar-refractivity contribution in [3.05, 3.63) is 46.9 Å². The minimum absolute atomic E-state index is 0.0556. The van der Waals surface area contributed by atoms with Crippen LogP contribution in [0.2, 0.25) is 0 Å². The largest absolute Gasteiger partial charge is 0.508 e. The Morgan fingerprint density at radius 2 is 2.11 bits per heavy atom. The van der Waals surface area contributed by atoms with E-state index in [0.717, 1.165) is 23.9 Å². The van der Waals surface area contributed by atoms with E-state index in [0.29, 0.717) is 30.0 Å². The highest BCUT2D eigenvalue weighted by Gasteiger charge is 2.32. The lowest BCUT2D eigenvalue weighted by Crippen LogP contribution is -2.56. The average Bonchev–Trinajstić information content (AvgIpc) is 3.03. The zero-order valence-corrected chi connectivity index (χ0v) is 16.2. The van der Waals surface area contributed by atoms with Gasteiger partial charge in [-0.25, -0.2) is 9.37 Å². The highest BCUT2D eigenvalue weighted by Crippen LogP contribution is 2.31. The average molecular weight is 382 g/mol. The van der Waals surface area contributed by atoms with Gasteiger partial charge in [0.25, 0.3) is 5.91 Å². The second kappa shape index (κ2) is 6.98. The zero-order chi connectivity index (χ0) is 20.0. The Balaban J connectivity index is 1.83. The third-order valence-electron chi connectivity index (χ3n) is 5.41. The molecule has 2 N–H and O–H groups in total. The number of rotatable bonds is 2. The van der Waals surface area contributed by atoms with Crippen LogP contribution in [0.15, 0.2) is 29.3 Å². The number of halogens is 1. The second-order valence-corrected chi connectivity index (χ2v) is 7.56. The monoisotopic (exact) mass is 382 g/mol. The number of aromatic hydroxyl groups is 1. The van der Waals surface area contributed by atoms with Crippen LogP contribution in [0.3, 0.4) is 0 Å². The molecule has 2 aliphatic rings. The Hall–Kier alpha value is -2.80. The van der Waals surface area contributed by atoms with E-state index in [4.69, 9.17) is 0 Å². The number of nitrogens with one attached hydrogen (secondary N) is 1. The molecule has 1 aromatic carbocycles. The van der Waals surface area contributed by atoms with Gasteiger partial charge in [-0.2, -0.15) is 0 Å². The van der Waals surface area contributed by atoms with Gasteiger partial charge in [-0.15, -0.1) is 0 Å². The number of amides is 1. The fourth-order valence-electron chi connectivity index (χ4n) is 3.87. The smallest absolute Gasteiger partial charge is 0.255 e. The highest BCUT2D eigenvalue weighted by atomic mass is 19.1. The number of benzene rings is 1. The van der Waals surface area contributed by atoms with E-state index in [1.807, 2.05) is 25.7 Å². The molecule has 1 saturated heterocycles. The summed E-state index contributed by atoms with van der Waals surface area (Å²) in [6.45, 7) is 7.65. The van der Waals surface area contributed by atoms with Crippen molar-refractivity contribution in [1.82, 2.24) is 15.2 Å². The van der Waals surface area contributed by atoms with Gasteiger partial charge < -0.3 is 15.3 Å². The summed E-state index contributed by atoms with van der Waals surface area (Å²) < 4.78 is 14.4. The van der Waals surface area contributed by atoms with Crippen molar-refractivity contribution in [2.45, 2.75) is 39.4 Å². The van der Waals surface area contributed by atoms with Gasteiger partial charge in [-0.3, -0.25) is 9.79 Å². The van der Waals surface area contributed by atoms with Crippen molar-refractivity contribution < 1.29 is 14.3 Å². The zero-order valence-electron chi connectivity index (χ0n) is 16.2. The molecule has 2 aromatic rings. The van der Waals surface area contributed by atoms with Crippen LogP contribution < -0.4 is 5.32 Å². The molecule has 2 atom stereocenters. The Labute approximate surface area is 163 Å². The number of aliphatic imine (C=N–C) groups is 1. The summed E-state index contributed by atoms with van der Waals surface area (Å²) in [5.74, 6) is -0.816. The van der Waals surface area contributed by atoms with Crippen LogP contribution in [0, 0.1) is 5.82 Å². The molecule has 0 spiro atoms. The predicted molar refractivity (Wildman–Crippen MR) is 105 cm³/mol. The van der Waals surface area contributed by atoms with Crippen LogP contribution in [-0.4, -0.2) is 51.8 Å². The van der Waals surface area contributed by atoms with E-state index in [1.165, 1.54) is 12.1 Å². The fourth-order valence-corrected chi connectivity index (χ4v) is 3.87. The highest BCUT2D eigenvalue weighted by molar-refractivity contribution is 6.11. The summed E-state index contributed by atoms with van der Waals surface area (Å²) in [6, 6.07) is 5.86. The maximum Gasteiger partial charge on any atom is 0.255 e. The summed E-state index contributed by atoms with van der Waals surface area (Å²) in [4.78, 5) is 24.3. The molecule has 2 aliphatic heterocycles. The third kappa shape index (κ3) is 3.16. The van der Waals surface area contributed by atoms with Gasteiger partial charge in [-0.1, -0.05) is 0 Å². The molecule has 146 valence electrons. The number of phenolic OH excluding ortho intramolecular Hbond substituents is 1. The molecule has 0 aliphatic carbocycles. The minimum Gasteiger partial charge on any atom is -0.508 e. The van der Waals surface area contributed by atoms with Crippen LogP contribution in [0.1, 0.15) is 42.4 Å². The van der Waals surface area contributed by atoms with Gasteiger partial charge >= 0.3 is 0 Å². The number of nitrogens with zero attached hydrogens (tertiary/aromatic N) is 3. The number of fused-ring (bicyclic) bond motifs is 1. The van der Waals surface area contributed by atoms with Crippen molar-refractivity contribution in [2.24, 2.45) is 4.99 Å². The number of hydrogen-bond donors (Lipinski definition) is 2. The van der Waals surface area contributed by atoms with Gasteiger partial charge in [0, 0.05) is 48.1 Å². The molecule has 0 radical (unpaired) electrons. The van der Waals surface area contributed by atoms with Gasteiger partial charge in [0.15, 0.2) is 0 Å². The normalized spacial score (nSPS) is 21.4. The Bertz CT molecular complexity index is 989. The van der Waals surface area contributed by atoms with Crippen molar-refractivity contribution in [3.8, 4) is 17.0 Å².